The van der Waals surface area contributed by atoms with E-state index >= 15 is 0 Å². The SMILES string of the molecule is COC(=O)C(C)(CN1CCCC1CN(C)C)NC1CC1. The molecular formula is C15H29N3O2. The molecule has 0 aromatic rings. The summed E-state index contributed by atoms with van der Waals surface area (Å²) in [5, 5.41) is 3.49. The average Bonchev–Trinajstić information content (AvgIpc) is 3.09. The van der Waals surface area contributed by atoms with Crippen LogP contribution in [0.1, 0.15) is 32.6 Å². The zero-order valence-corrected chi connectivity index (χ0v) is 13.3. The molecule has 1 heterocycles. The van der Waals surface area contributed by atoms with Gasteiger partial charge in [-0.25, -0.2) is 0 Å². The van der Waals surface area contributed by atoms with Crippen LogP contribution < -0.4 is 5.32 Å². The van der Waals surface area contributed by atoms with E-state index in [0.717, 1.165) is 19.6 Å². The van der Waals surface area contributed by atoms with Gasteiger partial charge in [0.2, 0.25) is 0 Å². The minimum Gasteiger partial charge on any atom is -0.468 e. The van der Waals surface area contributed by atoms with Gasteiger partial charge in [-0.2, -0.15) is 0 Å². The fraction of sp³-hybridized carbons (Fsp3) is 0.933. The minimum absolute atomic E-state index is 0.139. The zero-order valence-electron chi connectivity index (χ0n) is 13.3. The monoisotopic (exact) mass is 283 g/mol. The lowest BCUT2D eigenvalue weighted by Gasteiger charge is -2.36. The molecule has 1 aliphatic carbocycles. The summed E-state index contributed by atoms with van der Waals surface area (Å²) in [4.78, 5) is 16.9. The summed E-state index contributed by atoms with van der Waals surface area (Å²) in [6, 6.07) is 1.05. The first-order valence-electron chi connectivity index (χ1n) is 7.69. The van der Waals surface area contributed by atoms with Crippen molar-refractivity contribution in [3.05, 3.63) is 0 Å². The molecular weight excluding hydrogens is 254 g/mol. The Morgan fingerprint density at radius 2 is 2.10 bits per heavy atom. The Morgan fingerprint density at radius 1 is 1.40 bits per heavy atom. The smallest absolute Gasteiger partial charge is 0.327 e. The van der Waals surface area contributed by atoms with E-state index in [4.69, 9.17) is 4.74 Å². The standard InChI is InChI=1S/C15H29N3O2/c1-15(14(19)20-4,16-12-7-8-12)11-18-9-5-6-13(18)10-17(2)3/h12-13,16H,5-11H2,1-4H3. The maximum Gasteiger partial charge on any atom is 0.327 e. The number of hydrogen-bond acceptors (Lipinski definition) is 5. The Kier molecular flexibility index (Phi) is 5.04. The number of nitrogens with zero attached hydrogens (tertiary/aromatic N) is 2. The number of likely N-dealkylation sites (tertiary alicyclic amines) is 1. The molecule has 0 aromatic carbocycles. The summed E-state index contributed by atoms with van der Waals surface area (Å²) in [5.74, 6) is -0.139. The number of esters is 1. The zero-order chi connectivity index (χ0) is 14.8. The lowest BCUT2D eigenvalue weighted by atomic mass is 10.0. The number of hydrogen-bond donors (Lipinski definition) is 1. The third kappa shape index (κ3) is 3.93. The van der Waals surface area contributed by atoms with Gasteiger partial charge in [0.1, 0.15) is 5.54 Å². The van der Waals surface area contributed by atoms with Crippen LogP contribution in [0.15, 0.2) is 0 Å². The van der Waals surface area contributed by atoms with E-state index in [0.29, 0.717) is 12.1 Å². The van der Waals surface area contributed by atoms with Crippen molar-refractivity contribution < 1.29 is 9.53 Å². The lowest BCUT2D eigenvalue weighted by molar-refractivity contribution is -0.149. The highest BCUT2D eigenvalue weighted by Gasteiger charge is 2.42. The van der Waals surface area contributed by atoms with Crippen molar-refractivity contribution in [3.8, 4) is 0 Å². The molecule has 0 spiro atoms. The molecule has 2 rings (SSSR count). The first-order chi connectivity index (χ1) is 9.44. The van der Waals surface area contributed by atoms with Crippen LogP contribution >= 0.6 is 0 Å². The van der Waals surface area contributed by atoms with Gasteiger partial charge in [0.15, 0.2) is 0 Å². The molecule has 5 nitrogen and oxygen atoms in total. The molecule has 0 aromatic heterocycles. The molecule has 1 saturated carbocycles. The van der Waals surface area contributed by atoms with E-state index < -0.39 is 5.54 Å². The fourth-order valence-electron chi connectivity index (χ4n) is 3.21. The Labute approximate surface area is 122 Å². The van der Waals surface area contributed by atoms with E-state index in [2.05, 4.69) is 29.2 Å². The van der Waals surface area contributed by atoms with E-state index in [-0.39, 0.29) is 5.97 Å². The van der Waals surface area contributed by atoms with Crippen LogP contribution in [0.2, 0.25) is 0 Å². The third-order valence-electron chi connectivity index (χ3n) is 4.33. The molecule has 0 radical (unpaired) electrons. The van der Waals surface area contributed by atoms with Crippen LogP contribution in [0.25, 0.3) is 0 Å². The summed E-state index contributed by atoms with van der Waals surface area (Å²) >= 11 is 0. The number of methoxy groups -OCH3 is 1. The second kappa shape index (κ2) is 6.41. The summed E-state index contributed by atoms with van der Waals surface area (Å²) in [6.45, 7) is 4.87. The number of ether oxygens (including phenoxy) is 1. The molecule has 20 heavy (non-hydrogen) atoms. The normalized spacial score (nSPS) is 26.8. The van der Waals surface area contributed by atoms with Gasteiger partial charge in [0.25, 0.3) is 0 Å². The molecule has 0 amide bonds. The number of nitrogens with one attached hydrogen (secondary N) is 1. The van der Waals surface area contributed by atoms with Crippen molar-refractivity contribution in [1.82, 2.24) is 15.1 Å². The Bertz CT molecular complexity index is 344. The van der Waals surface area contributed by atoms with Crippen molar-refractivity contribution in [2.45, 2.75) is 50.2 Å². The number of carbonyl (C=O) groups is 1. The molecule has 116 valence electrons. The Morgan fingerprint density at radius 3 is 2.65 bits per heavy atom. The highest BCUT2D eigenvalue weighted by atomic mass is 16.5. The van der Waals surface area contributed by atoms with Gasteiger partial charge in [-0.05, 0) is 53.2 Å². The predicted octanol–water partition coefficient (Wildman–Crippen LogP) is 0.696. The van der Waals surface area contributed by atoms with E-state index in [9.17, 15) is 4.79 Å². The maximum atomic E-state index is 12.2. The maximum absolute atomic E-state index is 12.2. The predicted molar refractivity (Wildman–Crippen MR) is 79.7 cm³/mol. The quantitative estimate of drug-likeness (QED) is 0.697. The molecule has 1 saturated heterocycles. The Balaban J connectivity index is 2.00. The van der Waals surface area contributed by atoms with Crippen molar-refractivity contribution in [3.63, 3.8) is 0 Å². The fourth-order valence-corrected chi connectivity index (χ4v) is 3.21. The summed E-state index contributed by atoms with van der Waals surface area (Å²) in [6.07, 6.45) is 4.79. The van der Waals surface area contributed by atoms with E-state index in [1.54, 1.807) is 0 Å². The third-order valence-corrected chi connectivity index (χ3v) is 4.33. The first kappa shape index (κ1) is 15.7. The molecule has 1 N–H and O–H groups in total. The summed E-state index contributed by atoms with van der Waals surface area (Å²) in [7, 11) is 5.70. The second-order valence-corrected chi connectivity index (χ2v) is 6.77. The Hall–Kier alpha value is -0.650. The number of likely N-dealkylation sites (N-methyl/N-ethyl adjacent to an activating group) is 1. The van der Waals surface area contributed by atoms with Crippen LogP contribution in [-0.2, 0) is 9.53 Å². The number of carbonyl (C=O) groups excluding carboxylic acids is 1. The molecule has 2 aliphatic rings. The van der Waals surface area contributed by atoms with Gasteiger partial charge in [-0.15, -0.1) is 0 Å². The largest absolute Gasteiger partial charge is 0.468 e. The minimum atomic E-state index is -0.579. The van der Waals surface area contributed by atoms with Crippen molar-refractivity contribution >= 4 is 5.97 Å². The van der Waals surface area contributed by atoms with Crippen LogP contribution in [0.3, 0.4) is 0 Å². The lowest BCUT2D eigenvalue weighted by Crippen LogP contribution is -2.59. The molecule has 2 unspecified atom stereocenters. The summed E-state index contributed by atoms with van der Waals surface area (Å²) in [5.41, 5.74) is -0.579. The number of rotatable bonds is 7. The molecule has 0 bridgehead atoms. The van der Waals surface area contributed by atoms with Gasteiger partial charge in [-0.1, -0.05) is 0 Å². The second-order valence-electron chi connectivity index (χ2n) is 6.77. The molecule has 2 atom stereocenters. The van der Waals surface area contributed by atoms with E-state index in [1.807, 2.05) is 6.92 Å². The molecule has 1 aliphatic heterocycles. The van der Waals surface area contributed by atoms with E-state index in [1.165, 1.54) is 32.8 Å². The topological polar surface area (TPSA) is 44.8 Å². The van der Waals surface area contributed by atoms with Crippen LogP contribution in [0, 0.1) is 0 Å². The van der Waals surface area contributed by atoms with Gasteiger partial charge >= 0.3 is 5.97 Å². The van der Waals surface area contributed by atoms with Gasteiger partial charge in [0.05, 0.1) is 7.11 Å². The van der Waals surface area contributed by atoms with Gasteiger partial charge in [0, 0.05) is 25.2 Å². The van der Waals surface area contributed by atoms with Crippen molar-refractivity contribution in [2.24, 2.45) is 0 Å². The van der Waals surface area contributed by atoms with Crippen molar-refractivity contribution in [1.29, 1.82) is 0 Å². The molecule has 5 heteroatoms. The highest BCUT2D eigenvalue weighted by molar-refractivity contribution is 5.80. The first-order valence-corrected chi connectivity index (χ1v) is 7.69. The van der Waals surface area contributed by atoms with Crippen LogP contribution in [0.4, 0.5) is 0 Å². The summed E-state index contributed by atoms with van der Waals surface area (Å²) < 4.78 is 5.03. The average molecular weight is 283 g/mol. The van der Waals surface area contributed by atoms with Gasteiger partial charge < -0.3 is 9.64 Å². The highest BCUT2D eigenvalue weighted by Crippen LogP contribution is 2.26. The van der Waals surface area contributed by atoms with Crippen LogP contribution in [-0.4, -0.2) is 74.2 Å². The van der Waals surface area contributed by atoms with Crippen molar-refractivity contribution in [2.75, 3.05) is 40.8 Å². The molecule has 2 fully saturated rings. The van der Waals surface area contributed by atoms with Crippen LogP contribution in [0.5, 0.6) is 0 Å². The van der Waals surface area contributed by atoms with Gasteiger partial charge in [-0.3, -0.25) is 15.0 Å².